The van der Waals surface area contributed by atoms with Crippen molar-refractivity contribution in [3.8, 4) is 22.6 Å². The lowest BCUT2D eigenvalue weighted by atomic mass is 10.0. The monoisotopic (exact) mass is 370 g/mol. The summed E-state index contributed by atoms with van der Waals surface area (Å²) in [6, 6.07) is 15.0. The van der Waals surface area contributed by atoms with Crippen LogP contribution >= 0.6 is 0 Å². The Morgan fingerprint density at radius 1 is 0.815 bits per heavy atom. The van der Waals surface area contributed by atoms with Crippen LogP contribution in [0.3, 0.4) is 0 Å². The molecule has 6 nitrogen and oxygen atoms in total. The maximum Gasteiger partial charge on any atom is 0.330 e. The molecule has 0 N–H and O–H groups in total. The van der Waals surface area contributed by atoms with Gasteiger partial charge in [0.1, 0.15) is 37.9 Å². The molecule has 2 aromatic rings. The zero-order valence-electron chi connectivity index (χ0n) is 15.2. The highest BCUT2D eigenvalue weighted by molar-refractivity contribution is 5.81. The van der Waals surface area contributed by atoms with Gasteiger partial charge in [0.15, 0.2) is 0 Å². The molecule has 0 aliphatic carbocycles. The molecule has 0 atom stereocenters. The lowest BCUT2D eigenvalue weighted by Gasteiger charge is -2.15. The van der Waals surface area contributed by atoms with E-state index in [1.54, 1.807) is 0 Å². The van der Waals surface area contributed by atoms with Crippen LogP contribution in [0.4, 0.5) is 0 Å². The van der Waals surface area contributed by atoms with Gasteiger partial charge in [0.25, 0.3) is 0 Å². The first-order valence-electron chi connectivity index (χ1n) is 8.48. The molecule has 142 valence electrons. The number of hydrogen-bond acceptors (Lipinski definition) is 6. The van der Waals surface area contributed by atoms with Gasteiger partial charge in [-0.3, -0.25) is 4.79 Å². The third-order valence-corrected chi connectivity index (χ3v) is 3.46. The van der Waals surface area contributed by atoms with Crippen molar-refractivity contribution in [1.82, 2.24) is 0 Å². The van der Waals surface area contributed by atoms with Crippen LogP contribution in [0.2, 0.25) is 0 Å². The Morgan fingerprint density at radius 3 is 1.78 bits per heavy atom. The molecule has 2 rings (SSSR count). The summed E-state index contributed by atoms with van der Waals surface area (Å²) in [6.45, 7) is 5.46. The van der Waals surface area contributed by atoms with E-state index in [-0.39, 0.29) is 32.4 Å². The number of benzene rings is 2. The van der Waals surface area contributed by atoms with Gasteiger partial charge in [-0.15, -0.1) is 0 Å². The number of ether oxygens (including phenoxy) is 4. The van der Waals surface area contributed by atoms with E-state index in [2.05, 4.69) is 6.58 Å². The fraction of sp³-hybridized carbons (Fsp3) is 0.238. The van der Waals surface area contributed by atoms with E-state index in [4.69, 9.17) is 18.9 Å². The molecule has 0 bridgehead atoms. The maximum absolute atomic E-state index is 11.1. The predicted octanol–water partition coefficient (Wildman–Crippen LogP) is 3.40. The minimum atomic E-state index is -0.488. The van der Waals surface area contributed by atoms with Gasteiger partial charge in [-0.05, 0) is 12.1 Å². The van der Waals surface area contributed by atoms with Crippen molar-refractivity contribution >= 4 is 11.9 Å². The molecule has 0 aromatic heterocycles. The first kappa shape index (κ1) is 20.0. The van der Waals surface area contributed by atoms with E-state index < -0.39 is 5.97 Å². The van der Waals surface area contributed by atoms with Crippen LogP contribution in [-0.2, 0) is 19.1 Å². The molecule has 0 aliphatic heterocycles. The second-order valence-corrected chi connectivity index (χ2v) is 5.40. The minimum Gasteiger partial charge on any atom is -0.489 e. The second kappa shape index (κ2) is 10.7. The number of carbonyl (C=O) groups is 2. The molecule has 0 spiro atoms. The first-order chi connectivity index (χ1) is 13.1. The van der Waals surface area contributed by atoms with Gasteiger partial charge in [-0.1, -0.05) is 43.0 Å². The molecule has 0 unspecified atom stereocenters. The number of para-hydroxylation sites is 2. The lowest BCUT2D eigenvalue weighted by Crippen LogP contribution is -2.11. The Labute approximate surface area is 158 Å². The van der Waals surface area contributed by atoms with Crippen LogP contribution in [-0.4, -0.2) is 38.4 Å². The molecule has 6 heteroatoms. The summed E-state index contributed by atoms with van der Waals surface area (Å²) in [5.41, 5.74) is 1.69. The molecule has 0 radical (unpaired) electrons. The van der Waals surface area contributed by atoms with E-state index in [1.165, 1.54) is 6.92 Å². The SMILES string of the molecule is C=CC(=O)OCCOc1ccccc1-c1ccccc1OCCOC(C)=O. The Bertz CT molecular complexity index is 784. The van der Waals surface area contributed by atoms with Gasteiger partial charge in [0.05, 0.1) is 0 Å². The van der Waals surface area contributed by atoms with E-state index in [1.807, 2.05) is 48.5 Å². The summed E-state index contributed by atoms with van der Waals surface area (Å²) < 4.78 is 21.3. The zero-order chi connectivity index (χ0) is 19.5. The highest BCUT2D eigenvalue weighted by Gasteiger charge is 2.11. The molecule has 0 fully saturated rings. The van der Waals surface area contributed by atoms with Crippen LogP contribution in [0.5, 0.6) is 11.5 Å². The molecule has 27 heavy (non-hydrogen) atoms. The topological polar surface area (TPSA) is 71.1 Å². The standard InChI is InChI=1S/C21H22O6/c1-3-21(23)27-15-14-26-20-11-7-5-9-18(20)17-8-4-6-10-19(17)25-13-12-24-16(2)22/h3-11H,1,12-15H2,2H3. The normalized spacial score (nSPS) is 9.96. The molecule has 0 heterocycles. The van der Waals surface area contributed by atoms with Crippen LogP contribution < -0.4 is 9.47 Å². The minimum absolute atomic E-state index is 0.125. The highest BCUT2D eigenvalue weighted by atomic mass is 16.6. The predicted molar refractivity (Wildman–Crippen MR) is 101 cm³/mol. The van der Waals surface area contributed by atoms with Crippen molar-refractivity contribution in [2.24, 2.45) is 0 Å². The molecule has 0 aliphatic rings. The van der Waals surface area contributed by atoms with Gasteiger partial charge >= 0.3 is 11.9 Å². The Morgan fingerprint density at radius 2 is 1.30 bits per heavy atom. The molecule has 0 amide bonds. The van der Waals surface area contributed by atoms with E-state index >= 15 is 0 Å². The van der Waals surface area contributed by atoms with Gasteiger partial charge in [0.2, 0.25) is 0 Å². The van der Waals surface area contributed by atoms with Crippen LogP contribution in [0.15, 0.2) is 61.2 Å². The third-order valence-electron chi connectivity index (χ3n) is 3.46. The van der Waals surface area contributed by atoms with Crippen molar-refractivity contribution in [3.63, 3.8) is 0 Å². The van der Waals surface area contributed by atoms with E-state index in [0.717, 1.165) is 17.2 Å². The zero-order valence-corrected chi connectivity index (χ0v) is 15.2. The van der Waals surface area contributed by atoms with Crippen molar-refractivity contribution in [1.29, 1.82) is 0 Å². The quantitative estimate of drug-likeness (QED) is 0.363. The molecular weight excluding hydrogens is 348 g/mol. The van der Waals surface area contributed by atoms with Gasteiger partial charge in [0, 0.05) is 24.1 Å². The molecule has 2 aromatic carbocycles. The summed E-state index contributed by atoms with van der Waals surface area (Å²) in [5.74, 6) is 0.461. The summed E-state index contributed by atoms with van der Waals surface area (Å²) >= 11 is 0. The van der Waals surface area contributed by atoms with Crippen molar-refractivity contribution < 1.29 is 28.5 Å². The van der Waals surface area contributed by atoms with Crippen molar-refractivity contribution in [2.75, 3.05) is 26.4 Å². The number of rotatable bonds is 10. The summed E-state index contributed by atoms with van der Waals surface area (Å²) in [5, 5.41) is 0. The maximum atomic E-state index is 11.1. The Hall–Kier alpha value is -3.28. The van der Waals surface area contributed by atoms with Crippen molar-refractivity contribution in [2.45, 2.75) is 6.92 Å². The summed E-state index contributed by atoms with van der Waals surface area (Å²) in [7, 11) is 0. The van der Waals surface area contributed by atoms with Gasteiger partial charge in [-0.25, -0.2) is 4.79 Å². The van der Waals surface area contributed by atoms with Crippen molar-refractivity contribution in [3.05, 3.63) is 61.2 Å². The number of carbonyl (C=O) groups excluding carboxylic acids is 2. The number of hydrogen-bond donors (Lipinski definition) is 0. The van der Waals surface area contributed by atoms with Crippen LogP contribution in [0.1, 0.15) is 6.92 Å². The molecule has 0 saturated carbocycles. The molecular formula is C21H22O6. The van der Waals surface area contributed by atoms with E-state index in [9.17, 15) is 9.59 Å². The fourth-order valence-corrected chi connectivity index (χ4v) is 2.32. The molecule has 0 saturated heterocycles. The average Bonchev–Trinajstić information content (AvgIpc) is 2.69. The van der Waals surface area contributed by atoms with Gasteiger partial charge in [-0.2, -0.15) is 0 Å². The summed E-state index contributed by atoms with van der Waals surface area (Å²) in [6.07, 6.45) is 1.11. The number of esters is 2. The fourth-order valence-electron chi connectivity index (χ4n) is 2.32. The summed E-state index contributed by atoms with van der Waals surface area (Å²) in [4.78, 5) is 21.9. The van der Waals surface area contributed by atoms with Crippen LogP contribution in [0.25, 0.3) is 11.1 Å². The Kier molecular flexibility index (Phi) is 7.91. The smallest absolute Gasteiger partial charge is 0.330 e. The first-order valence-corrected chi connectivity index (χ1v) is 8.48. The lowest BCUT2D eigenvalue weighted by molar-refractivity contribution is -0.141. The Balaban J connectivity index is 2.08. The highest BCUT2D eigenvalue weighted by Crippen LogP contribution is 2.36. The second-order valence-electron chi connectivity index (χ2n) is 5.40. The van der Waals surface area contributed by atoms with Crippen LogP contribution in [0, 0.1) is 0 Å². The van der Waals surface area contributed by atoms with E-state index in [0.29, 0.717) is 11.5 Å². The average molecular weight is 370 g/mol. The third kappa shape index (κ3) is 6.51. The van der Waals surface area contributed by atoms with Gasteiger partial charge < -0.3 is 18.9 Å². The largest absolute Gasteiger partial charge is 0.489 e.